The Morgan fingerprint density at radius 3 is 2.67 bits per heavy atom. The first kappa shape index (κ1) is 12.0. The summed E-state index contributed by atoms with van der Waals surface area (Å²) in [7, 11) is 0. The molecule has 3 heteroatoms. The summed E-state index contributed by atoms with van der Waals surface area (Å²) in [6.07, 6.45) is 4.72. The predicted octanol–water partition coefficient (Wildman–Crippen LogP) is 3.18. The van der Waals surface area contributed by atoms with E-state index in [-0.39, 0.29) is 5.97 Å². The molecule has 0 saturated carbocycles. The SMILES string of the molecule is O=C(OCC/C=C/CBr)c1ccccc1. The van der Waals surface area contributed by atoms with E-state index in [1.54, 1.807) is 12.1 Å². The fourth-order valence-electron chi connectivity index (χ4n) is 1.06. The van der Waals surface area contributed by atoms with Crippen LogP contribution in [0.3, 0.4) is 0 Å². The van der Waals surface area contributed by atoms with Gasteiger partial charge >= 0.3 is 5.97 Å². The molecule has 1 rings (SSSR count). The monoisotopic (exact) mass is 268 g/mol. The minimum Gasteiger partial charge on any atom is -0.462 e. The standard InChI is InChI=1S/C12H13BrO2/c13-9-5-2-6-10-15-12(14)11-7-3-1-4-8-11/h1-5,7-8H,6,9-10H2/b5-2+. The maximum atomic E-state index is 11.4. The third kappa shape index (κ3) is 4.79. The fraction of sp³-hybridized carbons (Fsp3) is 0.250. The zero-order chi connectivity index (χ0) is 10.9. The molecule has 80 valence electrons. The number of halogens is 1. The van der Waals surface area contributed by atoms with Crippen LogP contribution in [0.5, 0.6) is 0 Å². The van der Waals surface area contributed by atoms with E-state index in [1.807, 2.05) is 30.4 Å². The molecule has 0 saturated heterocycles. The number of ether oxygens (including phenoxy) is 1. The number of carbonyl (C=O) groups is 1. The molecule has 0 radical (unpaired) electrons. The Morgan fingerprint density at radius 1 is 1.27 bits per heavy atom. The lowest BCUT2D eigenvalue weighted by molar-refractivity contribution is 0.0511. The molecule has 0 spiro atoms. The van der Waals surface area contributed by atoms with Gasteiger partial charge in [0.15, 0.2) is 0 Å². The molecular formula is C12H13BrO2. The van der Waals surface area contributed by atoms with Gasteiger partial charge in [-0.25, -0.2) is 4.79 Å². The van der Waals surface area contributed by atoms with E-state index >= 15 is 0 Å². The Bertz CT molecular complexity index is 320. The molecule has 2 nitrogen and oxygen atoms in total. The highest BCUT2D eigenvalue weighted by atomic mass is 79.9. The highest BCUT2D eigenvalue weighted by Crippen LogP contribution is 2.01. The quantitative estimate of drug-likeness (QED) is 0.355. The highest BCUT2D eigenvalue weighted by molar-refractivity contribution is 9.09. The highest BCUT2D eigenvalue weighted by Gasteiger charge is 2.03. The Hall–Kier alpha value is -1.09. The van der Waals surface area contributed by atoms with Gasteiger partial charge in [0.1, 0.15) is 0 Å². The van der Waals surface area contributed by atoms with Crippen LogP contribution in [0.25, 0.3) is 0 Å². The van der Waals surface area contributed by atoms with Crippen molar-refractivity contribution in [2.45, 2.75) is 6.42 Å². The lowest BCUT2D eigenvalue weighted by Gasteiger charge is -2.02. The predicted molar refractivity (Wildman–Crippen MR) is 64.3 cm³/mol. The maximum absolute atomic E-state index is 11.4. The van der Waals surface area contributed by atoms with Gasteiger partial charge in [-0.2, -0.15) is 0 Å². The first-order chi connectivity index (χ1) is 7.34. The van der Waals surface area contributed by atoms with Crippen molar-refractivity contribution in [2.75, 3.05) is 11.9 Å². The van der Waals surface area contributed by atoms with Gasteiger partial charge in [-0.1, -0.05) is 46.3 Å². The molecule has 0 amide bonds. The van der Waals surface area contributed by atoms with Crippen molar-refractivity contribution in [1.29, 1.82) is 0 Å². The Labute approximate surface area is 98.1 Å². The van der Waals surface area contributed by atoms with Crippen molar-refractivity contribution in [3.05, 3.63) is 48.0 Å². The molecule has 0 bridgehead atoms. The minimum absolute atomic E-state index is 0.261. The number of rotatable bonds is 5. The van der Waals surface area contributed by atoms with Gasteiger partial charge < -0.3 is 4.74 Å². The third-order valence-electron chi connectivity index (χ3n) is 1.78. The van der Waals surface area contributed by atoms with Crippen molar-refractivity contribution in [1.82, 2.24) is 0 Å². The van der Waals surface area contributed by atoms with Crippen LogP contribution in [-0.2, 0) is 4.74 Å². The molecule has 0 atom stereocenters. The number of allylic oxidation sites excluding steroid dienone is 1. The van der Waals surface area contributed by atoms with Gasteiger partial charge in [-0.15, -0.1) is 0 Å². The lowest BCUT2D eigenvalue weighted by atomic mass is 10.2. The molecule has 0 fully saturated rings. The third-order valence-corrected chi connectivity index (χ3v) is 2.16. The van der Waals surface area contributed by atoms with Crippen LogP contribution in [0.2, 0.25) is 0 Å². The largest absolute Gasteiger partial charge is 0.462 e. The summed E-state index contributed by atoms with van der Waals surface area (Å²) in [6, 6.07) is 9.01. The summed E-state index contributed by atoms with van der Waals surface area (Å²) in [5.41, 5.74) is 0.599. The van der Waals surface area contributed by atoms with Crippen LogP contribution in [0.15, 0.2) is 42.5 Å². The van der Waals surface area contributed by atoms with E-state index in [1.165, 1.54) is 0 Å². The van der Waals surface area contributed by atoms with Crippen LogP contribution in [-0.4, -0.2) is 17.9 Å². The van der Waals surface area contributed by atoms with E-state index in [4.69, 9.17) is 4.74 Å². The second kappa shape index (κ2) is 7.23. The van der Waals surface area contributed by atoms with Gasteiger partial charge in [0.05, 0.1) is 12.2 Å². The smallest absolute Gasteiger partial charge is 0.338 e. The Balaban J connectivity index is 2.28. The van der Waals surface area contributed by atoms with Crippen LogP contribution in [0.4, 0.5) is 0 Å². The number of benzene rings is 1. The zero-order valence-corrected chi connectivity index (χ0v) is 9.94. The van der Waals surface area contributed by atoms with E-state index in [2.05, 4.69) is 15.9 Å². The van der Waals surface area contributed by atoms with Crippen LogP contribution in [0.1, 0.15) is 16.8 Å². The van der Waals surface area contributed by atoms with Crippen LogP contribution in [0, 0.1) is 0 Å². The van der Waals surface area contributed by atoms with E-state index in [9.17, 15) is 4.79 Å². The molecule has 0 aliphatic carbocycles. The van der Waals surface area contributed by atoms with Crippen molar-refractivity contribution in [3.8, 4) is 0 Å². The van der Waals surface area contributed by atoms with Gasteiger partial charge in [0, 0.05) is 5.33 Å². The number of hydrogen-bond acceptors (Lipinski definition) is 2. The number of alkyl halides is 1. The summed E-state index contributed by atoms with van der Waals surface area (Å²) in [5.74, 6) is -0.261. The summed E-state index contributed by atoms with van der Waals surface area (Å²) < 4.78 is 5.07. The summed E-state index contributed by atoms with van der Waals surface area (Å²) in [4.78, 5) is 11.4. The average molecular weight is 269 g/mol. The van der Waals surface area contributed by atoms with Crippen molar-refractivity contribution >= 4 is 21.9 Å². The molecular weight excluding hydrogens is 256 g/mol. The van der Waals surface area contributed by atoms with Crippen molar-refractivity contribution < 1.29 is 9.53 Å². The Kier molecular flexibility index (Phi) is 5.78. The topological polar surface area (TPSA) is 26.3 Å². The van der Waals surface area contributed by atoms with Gasteiger partial charge in [0.25, 0.3) is 0 Å². The Morgan fingerprint density at radius 2 is 2.00 bits per heavy atom. The van der Waals surface area contributed by atoms with Gasteiger partial charge in [0.2, 0.25) is 0 Å². The van der Waals surface area contributed by atoms with E-state index < -0.39 is 0 Å². The minimum atomic E-state index is -0.261. The first-order valence-corrected chi connectivity index (χ1v) is 5.90. The molecule has 0 N–H and O–H groups in total. The fourth-order valence-corrected chi connectivity index (χ4v) is 1.32. The molecule has 0 aliphatic rings. The lowest BCUT2D eigenvalue weighted by Crippen LogP contribution is -2.05. The van der Waals surface area contributed by atoms with Crippen LogP contribution >= 0.6 is 15.9 Å². The second-order valence-electron chi connectivity index (χ2n) is 2.92. The summed E-state index contributed by atoms with van der Waals surface area (Å²) in [6.45, 7) is 0.428. The van der Waals surface area contributed by atoms with E-state index in [0.29, 0.717) is 12.2 Å². The maximum Gasteiger partial charge on any atom is 0.338 e. The zero-order valence-electron chi connectivity index (χ0n) is 8.36. The molecule has 15 heavy (non-hydrogen) atoms. The molecule has 0 aromatic heterocycles. The number of hydrogen-bond donors (Lipinski definition) is 0. The molecule has 0 unspecified atom stereocenters. The van der Waals surface area contributed by atoms with Crippen molar-refractivity contribution in [3.63, 3.8) is 0 Å². The molecule has 0 aliphatic heterocycles. The van der Waals surface area contributed by atoms with E-state index in [0.717, 1.165) is 11.8 Å². The number of esters is 1. The molecule has 1 aromatic carbocycles. The number of carbonyl (C=O) groups excluding carboxylic acids is 1. The molecule has 0 heterocycles. The van der Waals surface area contributed by atoms with Gasteiger partial charge in [-0.05, 0) is 18.6 Å². The normalized spacial score (nSPS) is 10.5. The average Bonchev–Trinajstić information content (AvgIpc) is 2.30. The summed E-state index contributed by atoms with van der Waals surface area (Å²) >= 11 is 3.27. The second-order valence-corrected chi connectivity index (χ2v) is 3.56. The first-order valence-electron chi connectivity index (χ1n) is 4.77. The summed E-state index contributed by atoms with van der Waals surface area (Å²) in [5, 5.41) is 0.833. The molecule has 1 aromatic rings. The van der Waals surface area contributed by atoms with Crippen molar-refractivity contribution in [2.24, 2.45) is 0 Å². The van der Waals surface area contributed by atoms with Crippen LogP contribution < -0.4 is 0 Å². The van der Waals surface area contributed by atoms with Gasteiger partial charge in [-0.3, -0.25) is 0 Å².